The lowest BCUT2D eigenvalue weighted by molar-refractivity contribution is 0.208. The van der Waals surface area contributed by atoms with Crippen LogP contribution in [0.2, 0.25) is 0 Å². The fraction of sp³-hybridized carbons (Fsp3) is 0.476. The molecule has 154 valence electrons. The molecule has 2 saturated heterocycles. The van der Waals surface area contributed by atoms with Gasteiger partial charge in [0.1, 0.15) is 11.6 Å². The van der Waals surface area contributed by atoms with Crippen molar-refractivity contribution in [3.63, 3.8) is 0 Å². The second-order valence-corrected chi connectivity index (χ2v) is 7.63. The Kier molecular flexibility index (Phi) is 5.78. The van der Waals surface area contributed by atoms with Crippen LogP contribution in [-0.2, 0) is 0 Å². The first-order valence-corrected chi connectivity index (χ1v) is 10.3. The van der Waals surface area contributed by atoms with Gasteiger partial charge < -0.3 is 20.0 Å². The molecule has 2 aliphatic heterocycles. The van der Waals surface area contributed by atoms with E-state index in [1.165, 1.54) is 31.4 Å². The van der Waals surface area contributed by atoms with Gasteiger partial charge in [0.15, 0.2) is 0 Å². The minimum atomic E-state index is -0.367. The van der Waals surface area contributed by atoms with Gasteiger partial charge in [-0.1, -0.05) is 6.07 Å². The van der Waals surface area contributed by atoms with Gasteiger partial charge in [-0.05, 0) is 44.4 Å². The quantitative estimate of drug-likeness (QED) is 0.860. The van der Waals surface area contributed by atoms with Gasteiger partial charge in [-0.25, -0.2) is 14.2 Å². The van der Waals surface area contributed by atoms with Crippen molar-refractivity contribution in [2.45, 2.75) is 26.2 Å². The van der Waals surface area contributed by atoms with Crippen LogP contribution in [0, 0.1) is 12.7 Å². The maximum atomic E-state index is 13.3. The first-order valence-electron chi connectivity index (χ1n) is 10.3. The van der Waals surface area contributed by atoms with Gasteiger partial charge in [0, 0.05) is 56.7 Å². The molecule has 1 N–H and O–H groups in total. The van der Waals surface area contributed by atoms with E-state index < -0.39 is 0 Å². The molecule has 2 aliphatic rings. The minimum absolute atomic E-state index is 0.214. The highest BCUT2D eigenvalue weighted by Gasteiger charge is 2.24. The molecule has 0 unspecified atom stereocenters. The summed E-state index contributed by atoms with van der Waals surface area (Å²) >= 11 is 0. The summed E-state index contributed by atoms with van der Waals surface area (Å²) in [5, 5.41) is 2.76. The van der Waals surface area contributed by atoms with Crippen LogP contribution in [-0.4, -0.2) is 60.2 Å². The van der Waals surface area contributed by atoms with E-state index in [-0.39, 0.29) is 11.8 Å². The second kappa shape index (κ2) is 8.63. The van der Waals surface area contributed by atoms with Gasteiger partial charge in [-0.15, -0.1) is 0 Å². The van der Waals surface area contributed by atoms with E-state index in [4.69, 9.17) is 4.98 Å². The fourth-order valence-corrected chi connectivity index (χ4v) is 3.84. The topological polar surface area (TPSA) is 64.6 Å². The maximum absolute atomic E-state index is 13.3. The maximum Gasteiger partial charge on any atom is 0.321 e. The number of anilines is 3. The van der Waals surface area contributed by atoms with Gasteiger partial charge in [0.2, 0.25) is 5.95 Å². The summed E-state index contributed by atoms with van der Waals surface area (Å²) < 4.78 is 13.3. The molecule has 0 saturated carbocycles. The molecule has 4 rings (SSSR count). The average molecular weight is 398 g/mol. The van der Waals surface area contributed by atoms with Crippen molar-refractivity contribution in [2.75, 3.05) is 54.4 Å². The van der Waals surface area contributed by atoms with Crippen molar-refractivity contribution in [2.24, 2.45) is 0 Å². The predicted molar refractivity (Wildman–Crippen MR) is 112 cm³/mol. The number of benzene rings is 1. The molecule has 1 aromatic heterocycles. The first kappa shape index (κ1) is 19.4. The zero-order valence-corrected chi connectivity index (χ0v) is 16.8. The van der Waals surface area contributed by atoms with Gasteiger partial charge in [0.05, 0.1) is 0 Å². The third-order valence-corrected chi connectivity index (χ3v) is 5.43. The smallest absolute Gasteiger partial charge is 0.321 e. The highest BCUT2D eigenvalue weighted by atomic mass is 19.1. The van der Waals surface area contributed by atoms with E-state index in [0.29, 0.717) is 31.9 Å². The number of hydrogen-bond acceptors (Lipinski definition) is 5. The lowest BCUT2D eigenvalue weighted by Gasteiger charge is -2.35. The van der Waals surface area contributed by atoms with Gasteiger partial charge in [-0.2, -0.15) is 4.98 Å². The summed E-state index contributed by atoms with van der Waals surface area (Å²) in [6.07, 6.45) is 3.70. The van der Waals surface area contributed by atoms with Crippen molar-refractivity contribution in [3.8, 4) is 0 Å². The summed E-state index contributed by atoms with van der Waals surface area (Å²) in [5.41, 5.74) is 1.42. The van der Waals surface area contributed by atoms with Gasteiger partial charge in [-0.3, -0.25) is 0 Å². The summed E-state index contributed by atoms with van der Waals surface area (Å²) in [4.78, 5) is 28.1. The molecule has 2 aromatic rings. The number of urea groups is 1. The number of aromatic nitrogens is 2. The largest absolute Gasteiger partial charge is 0.356 e. The number of nitrogens with zero attached hydrogens (tertiary/aromatic N) is 5. The molecule has 0 atom stereocenters. The van der Waals surface area contributed by atoms with Crippen molar-refractivity contribution in [3.05, 3.63) is 41.8 Å². The summed E-state index contributed by atoms with van der Waals surface area (Å²) in [5.74, 6) is 1.36. The average Bonchev–Trinajstić information content (AvgIpc) is 2.74. The molecule has 2 amide bonds. The zero-order valence-electron chi connectivity index (χ0n) is 16.8. The van der Waals surface area contributed by atoms with E-state index in [1.807, 2.05) is 6.92 Å². The molecule has 0 aliphatic carbocycles. The summed E-state index contributed by atoms with van der Waals surface area (Å²) in [6, 6.07) is 7.77. The lowest BCUT2D eigenvalue weighted by Crippen LogP contribution is -2.50. The standard InChI is InChI=1S/C21H27FN6O/c1-16-14-19(26-8-3-2-4-9-26)25-20(23-16)27-10-12-28(13-11-27)21(29)24-18-7-5-6-17(22)15-18/h5-7,14-15H,2-4,8-13H2,1H3,(H,24,29). The minimum Gasteiger partial charge on any atom is -0.356 e. The molecule has 0 spiro atoms. The Morgan fingerprint density at radius 1 is 0.966 bits per heavy atom. The Balaban J connectivity index is 1.38. The number of amides is 2. The number of nitrogens with one attached hydrogen (secondary N) is 1. The number of rotatable bonds is 3. The zero-order chi connectivity index (χ0) is 20.2. The lowest BCUT2D eigenvalue weighted by atomic mass is 10.1. The van der Waals surface area contributed by atoms with Gasteiger partial charge >= 0.3 is 6.03 Å². The van der Waals surface area contributed by atoms with Crippen LogP contribution in [0.15, 0.2) is 30.3 Å². The van der Waals surface area contributed by atoms with E-state index >= 15 is 0 Å². The van der Waals surface area contributed by atoms with Crippen molar-refractivity contribution < 1.29 is 9.18 Å². The number of piperidine rings is 1. The molecule has 8 heteroatoms. The Morgan fingerprint density at radius 3 is 2.45 bits per heavy atom. The highest BCUT2D eigenvalue weighted by molar-refractivity contribution is 5.89. The Labute approximate surface area is 170 Å². The molecular weight excluding hydrogens is 371 g/mol. The molecular formula is C21H27FN6O. The first-order chi connectivity index (χ1) is 14.1. The van der Waals surface area contributed by atoms with Crippen LogP contribution >= 0.6 is 0 Å². The molecule has 2 fully saturated rings. The second-order valence-electron chi connectivity index (χ2n) is 7.63. The van der Waals surface area contributed by atoms with Crippen molar-refractivity contribution in [1.82, 2.24) is 14.9 Å². The third-order valence-electron chi connectivity index (χ3n) is 5.43. The van der Waals surface area contributed by atoms with Crippen molar-refractivity contribution >= 4 is 23.5 Å². The number of piperazine rings is 1. The molecule has 7 nitrogen and oxygen atoms in total. The van der Waals surface area contributed by atoms with Crippen LogP contribution in [0.25, 0.3) is 0 Å². The third kappa shape index (κ3) is 4.75. The molecule has 3 heterocycles. The molecule has 1 aromatic carbocycles. The van der Waals surface area contributed by atoms with Crippen LogP contribution < -0.4 is 15.1 Å². The van der Waals surface area contributed by atoms with Crippen LogP contribution in [0.1, 0.15) is 25.0 Å². The van der Waals surface area contributed by atoms with E-state index in [9.17, 15) is 9.18 Å². The number of halogens is 1. The van der Waals surface area contributed by atoms with Crippen LogP contribution in [0.4, 0.5) is 26.6 Å². The molecule has 0 radical (unpaired) electrons. The number of carbonyl (C=O) groups is 1. The molecule has 29 heavy (non-hydrogen) atoms. The number of carbonyl (C=O) groups excluding carboxylic acids is 1. The summed E-state index contributed by atoms with van der Waals surface area (Å²) in [7, 11) is 0. The van der Waals surface area contributed by atoms with E-state index in [1.54, 1.807) is 17.0 Å². The Hall–Kier alpha value is -2.90. The number of aryl methyl sites for hydroxylation is 1. The van der Waals surface area contributed by atoms with Crippen molar-refractivity contribution in [1.29, 1.82) is 0 Å². The van der Waals surface area contributed by atoms with Gasteiger partial charge in [0.25, 0.3) is 0 Å². The Morgan fingerprint density at radius 2 is 1.72 bits per heavy atom. The molecule has 0 bridgehead atoms. The van der Waals surface area contributed by atoms with E-state index in [0.717, 1.165) is 30.5 Å². The highest BCUT2D eigenvalue weighted by Crippen LogP contribution is 2.22. The van der Waals surface area contributed by atoms with Crippen LogP contribution in [0.3, 0.4) is 0 Å². The monoisotopic (exact) mass is 398 g/mol. The predicted octanol–water partition coefficient (Wildman–Crippen LogP) is 3.27. The number of hydrogen-bond donors (Lipinski definition) is 1. The Bertz CT molecular complexity index is 862. The SMILES string of the molecule is Cc1cc(N2CCCCC2)nc(N2CCN(C(=O)Nc3cccc(F)c3)CC2)n1. The summed E-state index contributed by atoms with van der Waals surface area (Å²) in [6.45, 7) is 6.56. The van der Waals surface area contributed by atoms with E-state index in [2.05, 4.69) is 26.2 Å². The van der Waals surface area contributed by atoms with Crippen LogP contribution in [0.5, 0.6) is 0 Å². The fourth-order valence-electron chi connectivity index (χ4n) is 3.84. The normalized spacial score (nSPS) is 17.4.